The maximum Gasteiger partial charge on any atom is 0.343 e. The average Bonchev–Trinajstić information content (AvgIpc) is 2.61. The van der Waals surface area contributed by atoms with Crippen molar-refractivity contribution in [1.29, 1.82) is 0 Å². The molecule has 7 nitrogen and oxygen atoms in total. The van der Waals surface area contributed by atoms with Crippen LogP contribution in [0, 0.1) is 0 Å². The number of nitrogens with zero attached hydrogens (tertiary/aromatic N) is 1. The minimum Gasteiger partial charge on any atom is -0.423 e. The highest BCUT2D eigenvalue weighted by Crippen LogP contribution is 2.32. The van der Waals surface area contributed by atoms with Crippen LogP contribution in [0.15, 0.2) is 53.5 Å². The Morgan fingerprint density at radius 1 is 1.00 bits per heavy atom. The van der Waals surface area contributed by atoms with Gasteiger partial charge >= 0.3 is 5.97 Å². The summed E-state index contributed by atoms with van der Waals surface area (Å²) in [5, 5.41) is 0. The highest BCUT2D eigenvalue weighted by Gasteiger charge is 2.26. The van der Waals surface area contributed by atoms with Crippen molar-refractivity contribution in [3.8, 4) is 5.75 Å². The molecule has 0 aliphatic heterocycles. The van der Waals surface area contributed by atoms with Crippen molar-refractivity contribution in [2.75, 3.05) is 0 Å². The molecule has 0 saturated heterocycles. The number of carbonyl (C=O) groups is 2. The van der Waals surface area contributed by atoms with Crippen LogP contribution in [0.5, 0.6) is 5.75 Å². The van der Waals surface area contributed by atoms with Crippen LogP contribution in [0.2, 0.25) is 0 Å². The zero-order valence-corrected chi connectivity index (χ0v) is 15.4. The molecule has 7 heteroatoms. The predicted octanol–water partition coefficient (Wildman–Crippen LogP) is 2.35. The molecular weight excluding hydrogens is 344 g/mol. The highest BCUT2D eigenvalue weighted by molar-refractivity contribution is 5.91. The lowest BCUT2D eigenvalue weighted by Crippen LogP contribution is -2.28. The summed E-state index contributed by atoms with van der Waals surface area (Å²) >= 11 is 0. The van der Waals surface area contributed by atoms with Crippen molar-refractivity contribution >= 4 is 23.5 Å². The quantitative estimate of drug-likeness (QED) is 0.298. The minimum atomic E-state index is -0.491. The summed E-state index contributed by atoms with van der Waals surface area (Å²) in [6.07, 6.45) is 1.02. The van der Waals surface area contributed by atoms with Crippen molar-refractivity contribution in [3.63, 3.8) is 0 Å². The largest absolute Gasteiger partial charge is 0.423 e. The third-order valence-electron chi connectivity index (χ3n) is 4.47. The predicted molar refractivity (Wildman–Crippen MR) is 105 cm³/mol. The molecule has 2 aromatic rings. The van der Waals surface area contributed by atoms with Gasteiger partial charge in [-0.1, -0.05) is 26.0 Å². The first kappa shape index (κ1) is 20.0. The maximum atomic E-state index is 12.3. The van der Waals surface area contributed by atoms with Gasteiger partial charge in [0.2, 0.25) is 5.91 Å². The minimum absolute atomic E-state index is 0.0548. The second kappa shape index (κ2) is 8.35. The molecule has 1 amide bonds. The SMILES string of the molecule is CCC(C)(CC(N)=O)c1ccc(OC(=O)c2ccc(N=C(N)N)cc2)cc1. The number of carbonyl (C=O) groups excluding carboxylic acids is 2. The van der Waals surface area contributed by atoms with Gasteiger partial charge in [-0.2, -0.15) is 0 Å². The zero-order chi connectivity index (χ0) is 20.0. The molecule has 0 spiro atoms. The van der Waals surface area contributed by atoms with Crippen LogP contribution in [0.1, 0.15) is 42.6 Å². The van der Waals surface area contributed by atoms with Crippen molar-refractivity contribution in [2.24, 2.45) is 22.2 Å². The number of benzene rings is 2. The summed E-state index contributed by atoms with van der Waals surface area (Å²) in [5.74, 6) is -0.483. The van der Waals surface area contributed by atoms with E-state index < -0.39 is 5.97 Å². The molecule has 0 saturated carbocycles. The van der Waals surface area contributed by atoms with E-state index in [9.17, 15) is 9.59 Å². The molecule has 1 atom stereocenters. The number of aliphatic imine (C=N–C) groups is 1. The number of guanidine groups is 1. The van der Waals surface area contributed by atoms with E-state index in [-0.39, 0.29) is 23.7 Å². The van der Waals surface area contributed by atoms with Crippen molar-refractivity contribution in [2.45, 2.75) is 32.1 Å². The van der Waals surface area contributed by atoms with Gasteiger partial charge in [-0.25, -0.2) is 9.79 Å². The van der Waals surface area contributed by atoms with E-state index in [1.807, 2.05) is 26.0 Å². The Labute approximate surface area is 158 Å². The van der Waals surface area contributed by atoms with Gasteiger partial charge in [0.15, 0.2) is 5.96 Å². The highest BCUT2D eigenvalue weighted by atomic mass is 16.5. The van der Waals surface area contributed by atoms with Gasteiger partial charge in [0.05, 0.1) is 11.3 Å². The number of hydrogen-bond acceptors (Lipinski definition) is 4. The topological polar surface area (TPSA) is 134 Å². The molecule has 2 aromatic carbocycles. The number of rotatable bonds is 7. The Kier molecular flexibility index (Phi) is 6.18. The standard InChI is InChI=1S/C20H24N4O3/c1-3-20(2,12-17(21)25)14-6-10-16(11-7-14)27-18(26)13-4-8-15(9-5-13)24-19(22)23/h4-11H,3,12H2,1-2H3,(H2,21,25)(H4,22,23,24). The monoisotopic (exact) mass is 368 g/mol. The molecule has 0 bridgehead atoms. The molecule has 1 unspecified atom stereocenters. The third-order valence-corrected chi connectivity index (χ3v) is 4.47. The lowest BCUT2D eigenvalue weighted by Gasteiger charge is -2.27. The summed E-state index contributed by atoms with van der Waals surface area (Å²) in [5.41, 5.74) is 17.5. The summed E-state index contributed by atoms with van der Waals surface area (Å²) in [4.78, 5) is 27.5. The van der Waals surface area contributed by atoms with E-state index in [0.29, 0.717) is 17.0 Å². The van der Waals surface area contributed by atoms with Crippen molar-refractivity contribution in [3.05, 3.63) is 59.7 Å². The molecule has 0 aliphatic carbocycles. The molecule has 0 aliphatic rings. The van der Waals surface area contributed by atoms with E-state index in [0.717, 1.165) is 12.0 Å². The van der Waals surface area contributed by atoms with Gasteiger partial charge in [0.1, 0.15) is 5.75 Å². The van der Waals surface area contributed by atoms with Gasteiger partial charge in [-0.05, 0) is 48.4 Å². The Morgan fingerprint density at radius 2 is 1.59 bits per heavy atom. The first-order valence-corrected chi connectivity index (χ1v) is 8.54. The first-order valence-electron chi connectivity index (χ1n) is 8.54. The molecule has 0 aromatic heterocycles. The number of hydrogen-bond donors (Lipinski definition) is 3. The molecular formula is C20H24N4O3. The fourth-order valence-corrected chi connectivity index (χ4v) is 2.73. The Balaban J connectivity index is 2.10. The molecule has 0 radical (unpaired) electrons. The van der Waals surface area contributed by atoms with Crippen molar-refractivity contribution in [1.82, 2.24) is 0 Å². The second-order valence-electron chi connectivity index (χ2n) is 6.55. The molecule has 2 rings (SSSR count). The van der Waals surface area contributed by atoms with E-state index in [1.165, 1.54) is 0 Å². The number of nitrogens with two attached hydrogens (primary N) is 3. The van der Waals surface area contributed by atoms with E-state index in [4.69, 9.17) is 21.9 Å². The fraction of sp³-hybridized carbons (Fsp3) is 0.250. The van der Waals surface area contributed by atoms with Gasteiger partial charge in [0.25, 0.3) is 0 Å². The van der Waals surface area contributed by atoms with Crippen LogP contribution in [0.25, 0.3) is 0 Å². The average molecular weight is 368 g/mol. The third kappa shape index (κ3) is 5.31. The number of esters is 1. The lowest BCUT2D eigenvalue weighted by atomic mass is 9.77. The molecule has 0 heterocycles. The summed E-state index contributed by atoms with van der Waals surface area (Å²) < 4.78 is 5.39. The van der Waals surface area contributed by atoms with E-state index in [1.54, 1.807) is 36.4 Å². The molecule has 27 heavy (non-hydrogen) atoms. The van der Waals surface area contributed by atoms with Gasteiger partial charge in [-0.15, -0.1) is 0 Å². The number of ether oxygens (including phenoxy) is 1. The smallest absolute Gasteiger partial charge is 0.343 e. The number of primary amides is 1. The molecule has 142 valence electrons. The normalized spacial score (nSPS) is 12.7. The Morgan fingerprint density at radius 3 is 2.07 bits per heavy atom. The summed E-state index contributed by atoms with van der Waals surface area (Å²) in [7, 11) is 0. The summed E-state index contributed by atoms with van der Waals surface area (Å²) in [6, 6.07) is 13.5. The Bertz CT molecular complexity index is 841. The lowest BCUT2D eigenvalue weighted by molar-refractivity contribution is -0.119. The van der Waals surface area contributed by atoms with Crippen molar-refractivity contribution < 1.29 is 14.3 Å². The first-order chi connectivity index (χ1) is 12.7. The Hall–Kier alpha value is -3.35. The van der Waals surface area contributed by atoms with E-state index >= 15 is 0 Å². The van der Waals surface area contributed by atoms with Gasteiger partial charge < -0.3 is 21.9 Å². The van der Waals surface area contributed by atoms with Crippen LogP contribution in [0.3, 0.4) is 0 Å². The second-order valence-corrected chi connectivity index (χ2v) is 6.55. The number of amides is 1. The van der Waals surface area contributed by atoms with Crippen LogP contribution in [0.4, 0.5) is 5.69 Å². The summed E-state index contributed by atoms with van der Waals surface area (Å²) in [6.45, 7) is 3.99. The fourth-order valence-electron chi connectivity index (χ4n) is 2.73. The zero-order valence-electron chi connectivity index (χ0n) is 15.4. The van der Waals surface area contributed by atoms with Crippen LogP contribution in [-0.2, 0) is 10.2 Å². The maximum absolute atomic E-state index is 12.3. The van der Waals surface area contributed by atoms with Crippen LogP contribution >= 0.6 is 0 Å². The van der Waals surface area contributed by atoms with Gasteiger partial charge in [0, 0.05) is 11.8 Å². The van der Waals surface area contributed by atoms with Gasteiger partial charge in [-0.3, -0.25) is 4.79 Å². The van der Waals surface area contributed by atoms with Crippen LogP contribution in [-0.4, -0.2) is 17.8 Å². The van der Waals surface area contributed by atoms with Crippen LogP contribution < -0.4 is 21.9 Å². The molecule has 6 N–H and O–H groups in total. The molecule has 0 fully saturated rings. The van der Waals surface area contributed by atoms with E-state index in [2.05, 4.69) is 4.99 Å².